The molecule has 27 heavy (non-hydrogen) atoms. The van der Waals surface area contributed by atoms with E-state index in [2.05, 4.69) is 4.98 Å². The van der Waals surface area contributed by atoms with Crippen LogP contribution in [-0.4, -0.2) is 36.7 Å². The molecule has 6 nitrogen and oxygen atoms in total. The topological polar surface area (TPSA) is 72.3 Å². The highest BCUT2D eigenvalue weighted by atomic mass is 32.2. The first kappa shape index (κ1) is 19.0. The molecular weight excluding hydrogens is 369 g/mol. The highest BCUT2D eigenvalue weighted by Crippen LogP contribution is 2.20. The molecule has 2 aromatic carbocycles. The van der Waals surface area contributed by atoms with Crippen LogP contribution < -0.4 is 4.90 Å². The Morgan fingerprint density at radius 2 is 1.81 bits per heavy atom. The number of sulfone groups is 1. The lowest BCUT2D eigenvalue weighted by molar-refractivity contribution is -0.119. The van der Waals surface area contributed by atoms with Gasteiger partial charge in [-0.1, -0.05) is 12.1 Å². The molecule has 0 fully saturated rings. The number of imidazole rings is 1. The standard InChI is InChI=1S/C19H20FN3O3S/c1-3-22(15-10-8-14(20)9-11-15)19(24)12-23-17-7-5-4-6-16(17)21-18(23)13-27(2,25)26/h4-11H,3,12-13H2,1-2H3. The zero-order valence-corrected chi connectivity index (χ0v) is 15.9. The van der Waals surface area contributed by atoms with E-state index in [-0.39, 0.29) is 24.0 Å². The van der Waals surface area contributed by atoms with Crippen LogP contribution in [-0.2, 0) is 26.9 Å². The first-order valence-electron chi connectivity index (χ1n) is 8.46. The van der Waals surface area contributed by atoms with Gasteiger partial charge in [-0.3, -0.25) is 4.79 Å². The van der Waals surface area contributed by atoms with Crippen molar-refractivity contribution in [1.82, 2.24) is 9.55 Å². The number of aromatic nitrogens is 2. The second-order valence-electron chi connectivity index (χ2n) is 6.29. The van der Waals surface area contributed by atoms with Gasteiger partial charge in [0, 0.05) is 18.5 Å². The summed E-state index contributed by atoms with van der Waals surface area (Å²) in [5.74, 6) is -0.542. The second-order valence-corrected chi connectivity index (χ2v) is 8.43. The Morgan fingerprint density at radius 3 is 2.44 bits per heavy atom. The molecule has 0 unspecified atom stereocenters. The van der Waals surface area contributed by atoms with E-state index in [1.54, 1.807) is 28.8 Å². The summed E-state index contributed by atoms with van der Waals surface area (Å²) in [7, 11) is -3.32. The maximum atomic E-state index is 13.2. The van der Waals surface area contributed by atoms with Crippen LogP contribution in [0, 0.1) is 5.82 Å². The van der Waals surface area contributed by atoms with E-state index in [4.69, 9.17) is 0 Å². The Labute approximate surface area is 157 Å². The van der Waals surface area contributed by atoms with Crippen LogP contribution in [0.2, 0.25) is 0 Å². The molecule has 0 aliphatic rings. The smallest absolute Gasteiger partial charge is 0.246 e. The minimum Gasteiger partial charge on any atom is -0.318 e. The van der Waals surface area contributed by atoms with Crippen LogP contribution in [0.5, 0.6) is 0 Å². The van der Waals surface area contributed by atoms with E-state index < -0.39 is 9.84 Å². The monoisotopic (exact) mass is 389 g/mol. The molecule has 0 aliphatic heterocycles. The number of hydrogen-bond acceptors (Lipinski definition) is 4. The van der Waals surface area contributed by atoms with Crippen molar-refractivity contribution >= 4 is 32.5 Å². The van der Waals surface area contributed by atoms with E-state index in [1.165, 1.54) is 17.0 Å². The number of carbonyl (C=O) groups excluding carboxylic acids is 1. The molecule has 0 atom stereocenters. The molecule has 8 heteroatoms. The summed E-state index contributed by atoms with van der Waals surface area (Å²) in [5, 5.41) is 0. The third-order valence-electron chi connectivity index (χ3n) is 4.17. The van der Waals surface area contributed by atoms with Crippen molar-refractivity contribution in [3.8, 4) is 0 Å². The summed E-state index contributed by atoms with van der Waals surface area (Å²) in [6.07, 6.45) is 1.13. The number of halogens is 1. The first-order valence-corrected chi connectivity index (χ1v) is 10.5. The van der Waals surface area contributed by atoms with E-state index in [0.717, 1.165) is 6.26 Å². The van der Waals surface area contributed by atoms with Gasteiger partial charge in [0.1, 0.15) is 23.9 Å². The number of benzene rings is 2. The summed E-state index contributed by atoms with van der Waals surface area (Å²) in [6, 6.07) is 12.9. The molecular formula is C19H20FN3O3S. The fourth-order valence-electron chi connectivity index (χ4n) is 2.99. The van der Waals surface area contributed by atoms with Crippen molar-refractivity contribution < 1.29 is 17.6 Å². The molecule has 1 aromatic heterocycles. The molecule has 0 bridgehead atoms. The summed E-state index contributed by atoms with van der Waals surface area (Å²) in [6.45, 7) is 2.17. The number of rotatable bonds is 6. The second kappa shape index (κ2) is 7.48. The Kier molecular flexibility index (Phi) is 5.27. The van der Waals surface area contributed by atoms with E-state index >= 15 is 0 Å². The van der Waals surface area contributed by atoms with Gasteiger partial charge in [0.05, 0.1) is 11.0 Å². The minimum absolute atomic E-state index is 0.0589. The lowest BCUT2D eigenvalue weighted by Crippen LogP contribution is -2.34. The van der Waals surface area contributed by atoms with E-state index in [1.807, 2.05) is 19.1 Å². The largest absolute Gasteiger partial charge is 0.318 e. The van der Waals surface area contributed by atoms with Crippen molar-refractivity contribution in [3.05, 3.63) is 60.2 Å². The quantitative estimate of drug-likeness (QED) is 0.650. The minimum atomic E-state index is -3.32. The fourth-order valence-corrected chi connectivity index (χ4v) is 3.68. The van der Waals surface area contributed by atoms with Crippen molar-refractivity contribution in [2.24, 2.45) is 0 Å². The van der Waals surface area contributed by atoms with Crippen LogP contribution >= 0.6 is 0 Å². The lowest BCUT2D eigenvalue weighted by Gasteiger charge is -2.22. The predicted molar refractivity (Wildman–Crippen MR) is 103 cm³/mol. The van der Waals surface area contributed by atoms with Gasteiger partial charge in [-0.05, 0) is 43.3 Å². The highest BCUT2D eigenvalue weighted by molar-refractivity contribution is 7.89. The summed E-state index contributed by atoms with van der Waals surface area (Å²) < 4.78 is 38.4. The maximum absolute atomic E-state index is 13.2. The normalized spacial score (nSPS) is 11.7. The number of fused-ring (bicyclic) bond motifs is 1. The van der Waals surface area contributed by atoms with Crippen LogP contribution in [0.15, 0.2) is 48.5 Å². The number of likely N-dealkylation sites (N-methyl/N-ethyl adjacent to an activating group) is 1. The molecule has 0 saturated heterocycles. The van der Waals surface area contributed by atoms with Gasteiger partial charge < -0.3 is 9.47 Å². The molecule has 3 rings (SSSR count). The Bertz CT molecular complexity index is 1080. The van der Waals surface area contributed by atoms with Crippen molar-refractivity contribution in [2.45, 2.75) is 19.2 Å². The summed E-state index contributed by atoms with van der Waals surface area (Å²) in [5.41, 5.74) is 1.91. The summed E-state index contributed by atoms with van der Waals surface area (Å²) >= 11 is 0. The van der Waals surface area contributed by atoms with Crippen LogP contribution in [0.3, 0.4) is 0 Å². The molecule has 1 amide bonds. The van der Waals surface area contributed by atoms with Crippen LogP contribution in [0.1, 0.15) is 12.7 Å². The Hall–Kier alpha value is -2.74. The average Bonchev–Trinajstić information content (AvgIpc) is 2.93. The number of anilines is 1. The van der Waals surface area contributed by atoms with Gasteiger partial charge in [-0.15, -0.1) is 0 Å². The van der Waals surface area contributed by atoms with Gasteiger partial charge in [-0.2, -0.15) is 0 Å². The molecule has 3 aromatic rings. The highest BCUT2D eigenvalue weighted by Gasteiger charge is 2.20. The Balaban J connectivity index is 1.97. The van der Waals surface area contributed by atoms with Gasteiger partial charge in [0.15, 0.2) is 9.84 Å². The molecule has 0 radical (unpaired) electrons. The number of amides is 1. The molecule has 1 heterocycles. The average molecular weight is 389 g/mol. The molecule has 0 saturated carbocycles. The molecule has 142 valence electrons. The lowest BCUT2D eigenvalue weighted by atomic mass is 10.2. The third-order valence-corrected chi connectivity index (χ3v) is 4.96. The molecule has 0 spiro atoms. The van der Waals surface area contributed by atoms with Gasteiger partial charge in [-0.25, -0.2) is 17.8 Å². The van der Waals surface area contributed by atoms with Gasteiger partial charge in [0.25, 0.3) is 0 Å². The maximum Gasteiger partial charge on any atom is 0.246 e. The number of carbonyl (C=O) groups is 1. The SMILES string of the molecule is CCN(C(=O)Cn1c(CS(C)(=O)=O)nc2ccccc21)c1ccc(F)cc1. The predicted octanol–water partition coefficient (Wildman–Crippen LogP) is 2.77. The fraction of sp³-hybridized carbons (Fsp3) is 0.263. The first-order chi connectivity index (χ1) is 12.8. The third kappa shape index (κ3) is 4.33. The van der Waals surface area contributed by atoms with Gasteiger partial charge in [0.2, 0.25) is 5.91 Å². The van der Waals surface area contributed by atoms with E-state index in [9.17, 15) is 17.6 Å². The van der Waals surface area contributed by atoms with E-state index in [0.29, 0.717) is 29.1 Å². The zero-order chi connectivity index (χ0) is 19.6. The zero-order valence-electron chi connectivity index (χ0n) is 15.1. The van der Waals surface area contributed by atoms with Crippen LogP contribution in [0.25, 0.3) is 11.0 Å². The van der Waals surface area contributed by atoms with Crippen molar-refractivity contribution in [1.29, 1.82) is 0 Å². The van der Waals surface area contributed by atoms with Crippen molar-refractivity contribution in [3.63, 3.8) is 0 Å². The number of nitrogens with zero attached hydrogens (tertiary/aromatic N) is 3. The Morgan fingerprint density at radius 1 is 1.15 bits per heavy atom. The number of para-hydroxylation sites is 2. The molecule has 0 aliphatic carbocycles. The van der Waals surface area contributed by atoms with Gasteiger partial charge >= 0.3 is 0 Å². The number of hydrogen-bond donors (Lipinski definition) is 0. The summed E-state index contributed by atoms with van der Waals surface area (Å²) in [4.78, 5) is 18.8. The van der Waals surface area contributed by atoms with Crippen molar-refractivity contribution in [2.75, 3.05) is 17.7 Å². The molecule has 0 N–H and O–H groups in total. The van der Waals surface area contributed by atoms with Crippen LogP contribution in [0.4, 0.5) is 10.1 Å².